The number of hydrogen-bond acceptors (Lipinski definition) is 5. The summed E-state index contributed by atoms with van der Waals surface area (Å²) in [5, 5.41) is 23.3. The third-order valence-corrected chi connectivity index (χ3v) is 9.59. The lowest BCUT2D eigenvalue weighted by Gasteiger charge is -2.22. The first-order valence-electron chi connectivity index (χ1n) is 19.9. The predicted octanol–water partition coefficient (Wildman–Crippen LogP) is 10.5. The summed E-state index contributed by atoms with van der Waals surface area (Å²) in [5.74, 6) is -1.57. The number of carbonyl (C=O) groups is 1. The first kappa shape index (κ1) is 47.3. The van der Waals surface area contributed by atoms with Gasteiger partial charge in [0.25, 0.3) is 10.1 Å². The molecule has 0 spiro atoms. The Balaban J connectivity index is 4.12. The molecule has 0 rings (SSSR count). The molecule has 8 heteroatoms. The average molecular weight is 710 g/mol. The molecule has 0 aromatic rings. The third-order valence-electron chi connectivity index (χ3n) is 8.81. The highest BCUT2D eigenvalue weighted by Crippen LogP contribution is 2.13. The Morgan fingerprint density at radius 2 is 0.918 bits per heavy atom. The molecule has 0 saturated carbocycles. The minimum atomic E-state index is -4.46. The predicted molar refractivity (Wildman–Crippen MR) is 208 cm³/mol. The van der Waals surface area contributed by atoms with Crippen LogP contribution in [0.25, 0.3) is 0 Å². The molecule has 0 saturated heterocycles. The van der Waals surface area contributed by atoms with Gasteiger partial charge in [0.1, 0.15) is 6.10 Å². The van der Waals surface area contributed by atoms with Gasteiger partial charge in [0, 0.05) is 0 Å². The Morgan fingerprint density at radius 1 is 0.551 bits per heavy atom. The second-order valence-electron chi connectivity index (χ2n) is 13.7. The number of nitrogens with one attached hydrogen (secondary N) is 1. The molecule has 49 heavy (non-hydrogen) atoms. The van der Waals surface area contributed by atoms with E-state index in [1.54, 1.807) is 6.08 Å². The number of hydrogen-bond donors (Lipinski definition) is 4. The smallest absolute Gasteiger partial charge is 0.267 e. The van der Waals surface area contributed by atoms with Gasteiger partial charge in [-0.1, -0.05) is 159 Å². The summed E-state index contributed by atoms with van der Waals surface area (Å²) >= 11 is 0. The van der Waals surface area contributed by atoms with Crippen LogP contribution in [0, 0.1) is 0 Å². The van der Waals surface area contributed by atoms with E-state index in [0.29, 0.717) is 12.8 Å². The minimum Gasteiger partial charge on any atom is -0.387 e. The van der Waals surface area contributed by atoms with Crippen molar-refractivity contribution in [2.45, 2.75) is 199 Å². The van der Waals surface area contributed by atoms with Crippen molar-refractivity contribution in [1.29, 1.82) is 0 Å². The molecule has 0 radical (unpaired) electrons. The molecule has 286 valence electrons. The van der Waals surface area contributed by atoms with Gasteiger partial charge in [-0.15, -0.1) is 0 Å². The van der Waals surface area contributed by atoms with Gasteiger partial charge in [0.05, 0.1) is 17.9 Å². The van der Waals surface area contributed by atoms with Crippen LogP contribution in [-0.2, 0) is 14.9 Å². The molecule has 4 N–H and O–H groups in total. The number of rotatable bonds is 35. The average Bonchev–Trinajstić information content (AvgIpc) is 3.06. The molecule has 0 fully saturated rings. The fourth-order valence-corrected chi connectivity index (χ4v) is 6.45. The van der Waals surface area contributed by atoms with E-state index in [0.717, 1.165) is 51.4 Å². The summed E-state index contributed by atoms with van der Waals surface area (Å²) < 4.78 is 32.4. The highest BCUT2D eigenvalue weighted by atomic mass is 32.2. The molecule has 0 heterocycles. The summed E-state index contributed by atoms with van der Waals surface area (Å²) in [6, 6.07) is -1.26. The summed E-state index contributed by atoms with van der Waals surface area (Å²) in [6.07, 6.45) is 43.1. The van der Waals surface area contributed by atoms with Gasteiger partial charge in [-0.25, -0.2) is 0 Å². The van der Waals surface area contributed by atoms with Crippen molar-refractivity contribution in [3.63, 3.8) is 0 Å². The fourth-order valence-electron chi connectivity index (χ4n) is 5.72. The first-order valence-corrected chi connectivity index (χ1v) is 21.6. The molecule has 7 nitrogen and oxygen atoms in total. The van der Waals surface area contributed by atoms with Crippen LogP contribution in [0.2, 0.25) is 0 Å². The number of aliphatic hydroxyl groups is 2. The standard InChI is InChI=1S/C41H75NO6S/c1-3-5-7-9-11-13-15-17-19-20-21-22-24-26-28-30-32-34-36-40(44)41(45)42-38(37-49(46,47)48)39(43)35-33-31-29-27-25-23-18-16-14-12-10-8-6-4-2/h14,16,20-21,25,27,33,35,38-40,43-44H,3-13,15,17-19,22-24,26,28-32,34,36-37H2,1-2H3,(H,42,45)(H,46,47,48)/b16-14+,21-20-,27-25+,35-33+. The first-order chi connectivity index (χ1) is 23.7. The van der Waals surface area contributed by atoms with Gasteiger partial charge in [-0.2, -0.15) is 8.42 Å². The SMILES string of the molecule is CCCCCC/C=C/CC/C=C/CC/C=C/C(O)C(CS(=O)(=O)O)NC(=O)C(O)CCCCCCCC/C=C\CCCCCCCCCC. The van der Waals surface area contributed by atoms with Crippen molar-refractivity contribution in [1.82, 2.24) is 5.32 Å². The number of carbonyl (C=O) groups excluding carboxylic acids is 1. The number of allylic oxidation sites excluding steroid dienone is 7. The van der Waals surface area contributed by atoms with Crippen molar-refractivity contribution < 1.29 is 28.0 Å². The van der Waals surface area contributed by atoms with E-state index in [9.17, 15) is 28.0 Å². The number of unbranched alkanes of at least 4 members (excludes halogenated alkanes) is 20. The summed E-state index contributed by atoms with van der Waals surface area (Å²) in [4.78, 5) is 12.6. The second-order valence-corrected chi connectivity index (χ2v) is 15.2. The Kier molecular flexibility index (Phi) is 33.5. The molecule has 3 atom stereocenters. The van der Waals surface area contributed by atoms with E-state index in [1.165, 1.54) is 102 Å². The molecule has 0 aliphatic heterocycles. The number of aliphatic hydroxyl groups excluding tert-OH is 2. The highest BCUT2D eigenvalue weighted by molar-refractivity contribution is 7.85. The summed E-state index contributed by atoms with van der Waals surface area (Å²) in [7, 11) is -4.46. The van der Waals surface area contributed by atoms with Crippen LogP contribution in [0.15, 0.2) is 48.6 Å². The zero-order valence-electron chi connectivity index (χ0n) is 31.4. The Bertz CT molecular complexity index is 974. The van der Waals surface area contributed by atoms with E-state index in [2.05, 4.69) is 55.6 Å². The molecule has 1 amide bonds. The van der Waals surface area contributed by atoms with Gasteiger partial charge >= 0.3 is 0 Å². The Morgan fingerprint density at radius 3 is 1.37 bits per heavy atom. The minimum absolute atomic E-state index is 0.263. The van der Waals surface area contributed by atoms with Crippen LogP contribution in [0.5, 0.6) is 0 Å². The van der Waals surface area contributed by atoms with Crippen molar-refractivity contribution in [2.75, 3.05) is 5.75 Å². The van der Waals surface area contributed by atoms with Crippen molar-refractivity contribution in [3.8, 4) is 0 Å². The molecule has 0 aliphatic rings. The lowest BCUT2D eigenvalue weighted by Crippen LogP contribution is -2.50. The van der Waals surface area contributed by atoms with E-state index in [-0.39, 0.29) is 6.42 Å². The van der Waals surface area contributed by atoms with Gasteiger partial charge in [-0.05, 0) is 70.6 Å². The largest absolute Gasteiger partial charge is 0.387 e. The summed E-state index contributed by atoms with van der Waals surface area (Å²) in [5.41, 5.74) is 0. The lowest BCUT2D eigenvalue weighted by atomic mass is 10.0. The maximum atomic E-state index is 12.6. The number of amides is 1. The van der Waals surface area contributed by atoms with Gasteiger partial charge in [-0.3, -0.25) is 9.35 Å². The van der Waals surface area contributed by atoms with Crippen molar-refractivity contribution >= 4 is 16.0 Å². The fraction of sp³-hybridized carbons (Fsp3) is 0.780. The zero-order chi connectivity index (χ0) is 36.3. The molecule has 0 aromatic heterocycles. The lowest BCUT2D eigenvalue weighted by molar-refractivity contribution is -0.130. The maximum absolute atomic E-state index is 12.6. The van der Waals surface area contributed by atoms with Crippen LogP contribution >= 0.6 is 0 Å². The van der Waals surface area contributed by atoms with E-state index in [4.69, 9.17) is 0 Å². The maximum Gasteiger partial charge on any atom is 0.267 e. The van der Waals surface area contributed by atoms with Gasteiger partial charge < -0.3 is 15.5 Å². The topological polar surface area (TPSA) is 124 Å². The molecule has 0 aliphatic carbocycles. The molecule has 0 aromatic carbocycles. The highest BCUT2D eigenvalue weighted by Gasteiger charge is 2.27. The van der Waals surface area contributed by atoms with Crippen molar-refractivity contribution in [2.24, 2.45) is 0 Å². The van der Waals surface area contributed by atoms with E-state index >= 15 is 0 Å². The zero-order valence-corrected chi connectivity index (χ0v) is 32.2. The Hall–Kier alpha value is -1.74. The van der Waals surface area contributed by atoms with Crippen LogP contribution < -0.4 is 5.32 Å². The van der Waals surface area contributed by atoms with Crippen LogP contribution in [-0.4, -0.2) is 53.1 Å². The monoisotopic (exact) mass is 710 g/mol. The van der Waals surface area contributed by atoms with Gasteiger partial charge in [0.15, 0.2) is 0 Å². The van der Waals surface area contributed by atoms with E-state index < -0.39 is 40.0 Å². The molecule has 0 bridgehead atoms. The Labute approximate surface area is 302 Å². The van der Waals surface area contributed by atoms with Crippen LogP contribution in [0.1, 0.15) is 181 Å². The van der Waals surface area contributed by atoms with Gasteiger partial charge in [0.2, 0.25) is 5.91 Å². The quantitative estimate of drug-likeness (QED) is 0.0295. The second kappa shape index (κ2) is 34.7. The summed E-state index contributed by atoms with van der Waals surface area (Å²) in [6.45, 7) is 4.48. The van der Waals surface area contributed by atoms with E-state index in [1.807, 2.05) is 0 Å². The normalized spacial score (nSPS) is 14.5. The third kappa shape index (κ3) is 34.5. The molecular weight excluding hydrogens is 635 g/mol. The molecule has 3 unspecified atom stereocenters. The van der Waals surface area contributed by atoms with Crippen LogP contribution in [0.3, 0.4) is 0 Å². The van der Waals surface area contributed by atoms with Crippen molar-refractivity contribution in [3.05, 3.63) is 48.6 Å². The molecular formula is C41H75NO6S. The van der Waals surface area contributed by atoms with Crippen LogP contribution in [0.4, 0.5) is 0 Å².